The van der Waals surface area contributed by atoms with Crippen LogP contribution in [0.25, 0.3) is 0 Å². The summed E-state index contributed by atoms with van der Waals surface area (Å²) < 4.78 is 5.52. The van der Waals surface area contributed by atoms with Gasteiger partial charge >= 0.3 is 0 Å². The van der Waals surface area contributed by atoms with Crippen molar-refractivity contribution in [2.24, 2.45) is 11.1 Å². The van der Waals surface area contributed by atoms with Gasteiger partial charge in [0.1, 0.15) is 0 Å². The van der Waals surface area contributed by atoms with Crippen LogP contribution in [0.5, 0.6) is 0 Å². The van der Waals surface area contributed by atoms with Gasteiger partial charge in [0.05, 0.1) is 11.5 Å². The first-order chi connectivity index (χ1) is 8.18. The summed E-state index contributed by atoms with van der Waals surface area (Å²) in [7, 11) is 0. The van der Waals surface area contributed by atoms with Crippen LogP contribution in [0.1, 0.15) is 46.0 Å². The van der Waals surface area contributed by atoms with Crippen molar-refractivity contribution in [1.82, 2.24) is 5.32 Å². The van der Waals surface area contributed by atoms with E-state index in [9.17, 15) is 4.79 Å². The van der Waals surface area contributed by atoms with Gasteiger partial charge in [0.15, 0.2) is 0 Å². The number of rotatable bonds is 7. The number of nitrogens with two attached hydrogens (primary N) is 1. The fourth-order valence-electron chi connectivity index (χ4n) is 2.36. The van der Waals surface area contributed by atoms with Gasteiger partial charge in [0.25, 0.3) is 0 Å². The molecule has 17 heavy (non-hydrogen) atoms. The van der Waals surface area contributed by atoms with E-state index in [2.05, 4.69) is 5.32 Å². The maximum Gasteiger partial charge on any atom is 0.227 e. The Kier molecular flexibility index (Phi) is 5.92. The molecule has 0 spiro atoms. The van der Waals surface area contributed by atoms with E-state index in [4.69, 9.17) is 10.5 Å². The van der Waals surface area contributed by atoms with Crippen molar-refractivity contribution in [3.63, 3.8) is 0 Å². The molecular formula is C13H26N2O2. The van der Waals surface area contributed by atoms with Crippen LogP contribution in [0.3, 0.4) is 0 Å². The number of carbonyl (C=O) groups is 1. The van der Waals surface area contributed by atoms with E-state index in [0.717, 1.165) is 38.7 Å². The Balaban J connectivity index is 2.31. The van der Waals surface area contributed by atoms with Crippen LogP contribution in [-0.4, -0.2) is 31.7 Å². The van der Waals surface area contributed by atoms with E-state index in [1.54, 1.807) is 0 Å². The highest BCUT2D eigenvalue weighted by molar-refractivity contribution is 5.82. The van der Waals surface area contributed by atoms with Gasteiger partial charge in [-0.3, -0.25) is 4.79 Å². The summed E-state index contributed by atoms with van der Waals surface area (Å²) in [5.41, 5.74) is 5.36. The van der Waals surface area contributed by atoms with Gasteiger partial charge in [0, 0.05) is 19.7 Å². The number of nitrogens with one attached hydrogen (secondary N) is 1. The molecule has 0 aliphatic carbocycles. The normalized spacial score (nSPS) is 20.5. The van der Waals surface area contributed by atoms with Crippen LogP contribution in [0.15, 0.2) is 0 Å². The second kappa shape index (κ2) is 6.97. The van der Waals surface area contributed by atoms with E-state index in [-0.39, 0.29) is 11.3 Å². The molecule has 3 N–H and O–H groups in total. The van der Waals surface area contributed by atoms with Gasteiger partial charge in [0.2, 0.25) is 5.91 Å². The number of carbonyl (C=O) groups excluding carboxylic acids is 1. The predicted molar refractivity (Wildman–Crippen MR) is 68.7 cm³/mol. The number of hydrogen-bond donors (Lipinski definition) is 2. The van der Waals surface area contributed by atoms with E-state index in [1.165, 1.54) is 0 Å². The first kappa shape index (κ1) is 14.5. The molecule has 0 aromatic carbocycles. The zero-order chi connectivity index (χ0) is 12.7. The molecule has 1 aliphatic heterocycles. The van der Waals surface area contributed by atoms with Crippen LogP contribution in [0.4, 0.5) is 0 Å². The van der Waals surface area contributed by atoms with E-state index < -0.39 is 0 Å². The highest BCUT2D eigenvalue weighted by atomic mass is 16.5. The summed E-state index contributed by atoms with van der Waals surface area (Å²) in [6, 6.07) is 0. The van der Waals surface area contributed by atoms with Crippen molar-refractivity contribution in [1.29, 1.82) is 0 Å². The second-order valence-electron chi connectivity index (χ2n) is 4.87. The summed E-state index contributed by atoms with van der Waals surface area (Å²) in [6.07, 6.45) is 5.12. The molecule has 1 heterocycles. The standard InChI is InChI=1S/C13H26N2O2/c1-3-13(4-2,10-14)12(16)15-8-7-11-6-5-9-17-11/h11H,3-10,14H2,1-2H3,(H,15,16). The minimum atomic E-state index is -0.378. The summed E-state index contributed by atoms with van der Waals surface area (Å²) in [6.45, 7) is 6.04. The average Bonchev–Trinajstić information content (AvgIpc) is 2.85. The zero-order valence-corrected chi connectivity index (χ0v) is 11.1. The zero-order valence-electron chi connectivity index (χ0n) is 11.1. The molecule has 1 atom stereocenters. The largest absolute Gasteiger partial charge is 0.378 e. The van der Waals surface area contributed by atoms with Crippen molar-refractivity contribution in [3.05, 3.63) is 0 Å². The SMILES string of the molecule is CCC(CC)(CN)C(=O)NCCC1CCCO1. The smallest absolute Gasteiger partial charge is 0.227 e. The monoisotopic (exact) mass is 242 g/mol. The maximum atomic E-state index is 12.1. The summed E-state index contributed by atoms with van der Waals surface area (Å²) in [5.74, 6) is 0.1000. The van der Waals surface area contributed by atoms with Gasteiger partial charge < -0.3 is 15.8 Å². The molecule has 1 saturated heterocycles. The molecule has 0 radical (unpaired) electrons. The van der Waals surface area contributed by atoms with Gasteiger partial charge in [-0.1, -0.05) is 13.8 Å². The van der Waals surface area contributed by atoms with Crippen molar-refractivity contribution in [2.45, 2.75) is 52.1 Å². The molecule has 0 aromatic rings. The van der Waals surface area contributed by atoms with Crippen LogP contribution in [0.2, 0.25) is 0 Å². The first-order valence-corrected chi connectivity index (χ1v) is 6.78. The second-order valence-corrected chi connectivity index (χ2v) is 4.87. The third-order valence-corrected chi connectivity index (χ3v) is 4.00. The molecule has 4 nitrogen and oxygen atoms in total. The Bertz CT molecular complexity index is 225. The number of ether oxygens (including phenoxy) is 1. The fraction of sp³-hybridized carbons (Fsp3) is 0.923. The van der Waals surface area contributed by atoms with Gasteiger partial charge in [-0.2, -0.15) is 0 Å². The lowest BCUT2D eigenvalue weighted by Gasteiger charge is -2.28. The van der Waals surface area contributed by atoms with Crippen LogP contribution >= 0.6 is 0 Å². The maximum absolute atomic E-state index is 12.1. The van der Waals surface area contributed by atoms with Gasteiger partial charge in [-0.15, -0.1) is 0 Å². The molecule has 1 aliphatic rings. The average molecular weight is 242 g/mol. The Morgan fingerprint density at radius 3 is 2.65 bits per heavy atom. The lowest BCUT2D eigenvalue weighted by atomic mass is 9.81. The van der Waals surface area contributed by atoms with Crippen LogP contribution < -0.4 is 11.1 Å². The topological polar surface area (TPSA) is 64.4 Å². The minimum Gasteiger partial charge on any atom is -0.378 e. The van der Waals surface area contributed by atoms with Gasteiger partial charge in [-0.05, 0) is 32.1 Å². The minimum absolute atomic E-state index is 0.1000. The molecule has 100 valence electrons. The molecule has 1 unspecified atom stereocenters. The molecule has 1 amide bonds. The predicted octanol–water partition coefficient (Wildman–Crippen LogP) is 1.44. The Morgan fingerprint density at radius 1 is 1.47 bits per heavy atom. The quantitative estimate of drug-likeness (QED) is 0.710. The van der Waals surface area contributed by atoms with E-state index >= 15 is 0 Å². The molecule has 0 saturated carbocycles. The van der Waals surface area contributed by atoms with Crippen molar-refractivity contribution >= 4 is 5.91 Å². The van der Waals surface area contributed by atoms with E-state index in [0.29, 0.717) is 19.2 Å². The molecule has 0 bridgehead atoms. The van der Waals surface area contributed by atoms with Crippen LogP contribution in [0, 0.1) is 5.41 Å². The Hall–Kier alpha value is -0.610. The van der Waals surface area contributed by atoms with Crippen molar-refractivity contribution in [3.8, 4) is 0 Å². The highest BCUT2D eigenvalue weighted by Crippen LogP contribution is 2.25. The van der Waals surface area contributed by atoms with Crippen molar-refractivity contribution in [2.75, 3.05) is 19.7 Å². The third-order valence-electron chi connectivity index (χ3n) is 4.00. The Morgan fingerprint density at radius 2 is 2.18 bits per heavy atom. The van der Waals surface area contributed by atoms with Gasteiger partial charge in [-0.25, -0.2) is 0 Å². The Labute approximate surface area is 104 Å². The van der Waals surface area contributed by atoms with Crippen molar-refractivity contribution < 1.29 is 9.53 Å². The summed E-state index contributed by atoms with van der Waals surface area (Å²) in [5, 5.41) is 3.00. The highest BCUT2D eigenvalue weighted by Gasteiger charge is 2.33. The molecule has 0 aromatic heterocycles. The summed E-state index contributed by atoms with van der Waals surface area (Å²) >= 11 is 0. The fourth-order valence-corrected chi connectivity index (χ4v) is 2.36. The molecule has 4 heteroatoms. The molecular weight excluding hydrogens is 216 g/mol. The summed E-state index contributed by atoms with van der Waals surface area (Å²) in [4.78, 5) is 12.1. The first-order valence-electron chi connectivity index (χ1n) is 6.78. The third kappa shape index (κ3) is 3.68. The molecule has 1 fully saturated rings. The van der Waals surface area contributed by atoms with Crippen LogP contribution in [-0.2, 0) is 9.53 Å². The lowest BCUT2D eigenvalue weighted by molar-refractivity contribution is -0.131. The molecule has 1 rings (SSSR count). The number of hydrogen-bond acceptors (Lipinski definition) is 3. The van der Waals surface area contributed by atoms with E-state index in [1.807, 2.05) is 13.8 Å². The lowest BCUT2D eigenvalue weighted by Crippen LogP contribution is -2.45. The number of amides is 1.